The molecule has 0 spiro atoms. The molecule has 15 nitrogen and oxygen atoms in total. The third-order valence-corrected chi connectivity index (χ3v) is 13.3. The fraction of sp³-hybridized carbons (Fsp3) is 0.240. The SMILES string of the molecule is C.Cc1ccc2nc(C3C4Oc5ccc(Oc6c(Cl)cnc7c6CCC(=O)N7)cc5C43)[nH]c2c1.Cc1ccc2nc(C3C4Oc5ccc(Oc6ccnc7c6COC(=O)N7)cc5C43)[nH]c2c1. The zero-order valence-corrected chi connectivity index (χ0v) is 35.5. The number of halogens is 1. The van der Waals surface area contributed by atoms with Gasteiger partial charge in [-0.25, -0.2) is 24.7 Å². The quantitative estimate of drug-likeness (QED) is 0.124. The minimum absolute atomic E-state index is 0. The summed E-state index contributed by atoms with van der Waals surface area (Å²) in [4.78, 5) is 48.2. The Morgan fingerprint density at radius 3 is 1.91 bits per heavy atom. The second kappa shape index (κ2) is 15.0. The number of amides is 2. The topological polar surface area (TPSA) is 187 Å². The van der Waals surface area contributed by atoms with Gasteiger partial charge in [0.15, 0.2) is 5.75 Å². The molecule has 6 aliphatic rings. The number of benzene rings is 4. The molecule has 66 heavy (non-hydrogen) atoms. The van der Waals surface area contributed by atoms with E-state index in [1.165, 1.54) is 17.3 Å². The van der Waals surface area contributed by atoms with Crippen LogP contribution in [-0.2, 0) is 22.6 Å². The fourth-order valence-electron chi connectivity index (χ4n) is 9.79. The summed E-state index contributed by atoms with van der Waals surface area (Å²) in [5, 5.41) is 5.80. The zero-order chi connectivity index (χ0) is 43.7. The van der Waals surface area contributed by atoms with Gasteiger partial charge in [-0.3, -0.25) is 10.1 Å². The average Bonchev–Trinajstić information content (AvgIpc) is 3.82. The van der Waals surface area contributed by atoms with Gasteiger partial charge in [-0.2, -0.15) is 0 Å². The number of ether oxygens (including phenoxy) is 5. The van der Waals surface area contributed by atoms with Crippen molar-refractivity contribution in [3.63, 3.8) is 0 Å². The Bertz CT molecular complexity index is 3350. The number of nitrogens with zero attached hydrogens (tertiary/aromatic N) is 4. The van der Waals surface area contributed by atoms with Crippen LogP contribution in [0, 0.1) is 13.8 Å². The van der Waals surface area contributed by atoms with Gasteiger partial charge in [0, 0.05) is 41.1 Å². The first-order valence-electron chi connectivity index (χ1n) is 21.5. The number of H-pyrrole nitrogens is 2. The van der Waals surface area contributed by atoms with E-state index in [1.54, 1.807) is 12.3 Å². The van der Waals surface area contributed by atoms with Gasteiger partial charge in [-0.05, 0) is 98.1 Å². The molecule has 2 fully saturated rings. The van der Waals surface area contributed by atoms with Crippen LogP contribution in [-0.4, -0.2) is 54.1 Å². The monoisotopic (exact) mass is 900 g/mol. The number of anilines is 2. The summed E-state index contributed by atoms with van der Waals surface area (Å²) in [5.41, 5.74) is 10.2. The van der Waals surface area contributed by atoms with Gasteiger partial charge in [-0.1, -0.05) is 31.2 Å². The van der Waals surface area contributed by atoms with E-state index >= 15 is 0 Å². The number of aromatic amines is 2. The third-order valence-electron chi connectivity index (χ3n) is 13.0. The number of fused-ring (bicyclic) bond motifs is 10. The Kier molecular flexibility index (Phi) is 9.04. The first-order valence-corrected chi connectivity index (χ1v) is 21.9. The number of carbonyl (C=O) groups is 2. The third kappa shape index (κ3) is 6.63. The molecule has 0 bridgehead atoms. The molecule has 0 saturated heterocycles. The second-order valence-electron chi connectivity index (χ2n) is 17.3. The zero-order valence-electron chi connectivity index (χ0n) is 34.8. The number of imidazole rings is 2. The van der Waals surface area contributed by atoms with Crippen molar-refractivity contribution in [1.82, 2.24) is 29.9 Å². The number of pyridine rings is 2. The predicted molar refractivity (Wildman–Crippen MR) is 245 cm³/mol. The van der Waals surface area contributed by atoms with Gasteiger partial charge in [0.05, 0.1) is 45.7 Å². The minimum atomic E-state index is -0.511. The highest BCUT2D eigenvalue weighted by Crippen LogP contribution is 2.64. The van der Waals surface area contributed by atoms with E-state index < -0.39 is 6.09 Å². The molecule has 330 valence electrons. The van der Waals surface area contributed by atoms with Crippen LogP contribution in [0.25, 0.3) is 22.1 Å². The molecule has 4 aliphatic heterocycles. The van der Waals surface area contributed by atoms with Crippen LogP contribution >= 0.6 is 11.6 Å². The molecule has 8 heterocycles. The molecule has 4 N–H and O–H groups in total. The lowest BCUT2D eigenvalue weighted by Crippen LogP contribution is -2.21. The van der Waals surface area contributed by atoms with Crippen molar-refractivity contribution in [2.75, 3.05) is 10.6 Å². The highest BCUT2D eigenvalue weighted by molar-refractivity contribution is 6.32. The van der Waals surface area contributed by atoms with Gasteiger partial charge in [0.25, 0.3) is 0 Å². The van der Waals surface area contributed by atoms with E-state index in [1.807, 2.05) is 48.5 Å². The largest absolute Gasteiger partial charge is 0.489 e. The second-order valence-corrected chi connectivity index (χ2v) is 17.7. The Morgan fingerprint density at radius 2 is 1.27 bits per heavy atom. The van der Waals surface area contributed by atoms with E-state index in [0.29, 0.717) is 58.1 Å². The van der Waals surface area contributed by atoms with E-state index in [2.05, 4.69) is 68.7 Å². The summed E-state index contributed by atoms with van der Waals surface area (Å²) in [6.45, 7) is 4.27. The molecule has 16 heteroatoms. The number of rotatable bonds is 6. The van der Waals surface area contributed by atoms with E-state index in [-0.39, 0.29) is 55.8 Å². The van der Waals surface area contributed by atoms with E-state index in [0.717, 1.165) is 61.9 Å². The summed E-state index contributed by atoms with van der Waals surface area (Å²) in [6, 6.07) is 26.0. The molecule has 2 aliphatic carbocycles. The van der Waals surface area contributed by atoms with Crippen molar-refractivity contribution in [2.45, 2.75) is 76.6 Å². The lowest BCUT2D eigenvalue weighted by molar-refractivity contribution is -0.116. The first kappa shape index (κ1) is 39.9. The van der Waals surface area contributed by atoms with Crippen molar-refractivity contribution in [1.29, 1.82) is 0 Å². The summed E-state index contributed by atoms with van der Waals surface area (Å²) in [7, 11) is 0. The number of cyclic esters (lactones) is 1. The summed E-state index contributed by atoms with van der Waals surface area (Å²) in [6.07, 6.45) is 3.70. The van der Waals surface area contributed by atoms with Crippen molar-refractivity contribution in [3.8, 4) is 34.5 Å². The van der Waals surface area contributed by atoms with Gasteiger partial charge in [-0.15, -0.1) is 0 Å². The number of carbonyl (C=O) groups excluding carboxylic acids is 2. The Balaban J connectivity index is 0.000000136. The van der Waals surface area contributed by atoms with Crippen LogP contribution in [0.2, 0.25) is 5.02 Å². The van der Waals surface area contributed by atoms with Crippen LogP contribution in [0.3, 0.4) is 0 Å². The number of aromatic nitrogens is 6. The smallest absolute Gasteiger partial charge is 0.413 e. The van der Waals surface area contributed by atoms with Crippen molar-refractivity contribution in [3.05, 3.63) is 141 Å². The Hall–Kier alpha value is -7.65. The molecule has 14 rings (SSSR count). The first-order chi connectivity index (χ1) is 31.7. The van der Waals surface area contributed by atoms with Gasteiger partial charge in [0.2, 0.25) is 5.91 Å². The van der Waals surface area contributed by atoms with E-state index in [4.69, 9.17) is 45.3 Å². The predicted octanol–water partition coefficient (Wildman–Crippen LogP) is 10.6. The number of nitrogens with one attached hydrogen (secondary N) is 4. The molecule has 4 aromatic heterocycles. The molecule has 6 unspecified atom stereocenters. The van der Waals surface area contributed by atoms with Crippen LogP contribution < -0.4 is 29.6 Å². The Morgan fingerprint density at radius 1 is 0.667 bits per heavy atom. The summed E-state index contributed by atoms with van der Waals surface area (Å²) < 4.78 is 29.8. The maximum absolute atomic E-state index is 11.7. The molecular weight excluding hydrogens is 860 g/mol. The van der Waals surface area contributed by atoms with Crippen LogP contribution in [0.4, 0.5) is 16.4 Å². The maximum Gasteiger partial charge on any atom is 0.413 e. The maximum atomic E-state index is 11.7. The highest BCUT2D eigenvalue weighted by atomic mass is 35.5. The molecular formula is C50H41ClN8O7. The van der Waals surface area contributed by atoms with Crippen LogP contribution in [0.5, 0.6) is 34.5 Å². The van der Waals surface area contributed by atoms with Gasteiger partial charge in [0.1, 0.15) is 75.9 Å². The van der Waals surface area contributed by atoms with E-state index in [9.17, 15) is 9.59 Å². The van der Waals surface area contributed by atoms with Crippen molar-refractivity contribution >= 4 is 57.3 Å². The molecule has 6 atom stereocenters. The van der Waals surface area contributed by atoms with Gasteiger partial charge >= 0.3 is 6.09 Å². The standard InChI is InChI=1S/C25H19ClN4O3.C24H18N4O4.CH4/c1-11-2-5-16-17(8-11)29-25(28-16)21-20-14-9-12(3-6-18(14)33-23(20)21)32-22-13-4-7-19(31)30-24(13)27-10-15(22)26;1-11-2-4-15-16(8-11)27-23(26-15)20-19-13-9-12(3-5-17(13)32-21(19)20)31-18-6-7-25-22-14(18)10-30-24(29)28-22;/h2-3,5-6,8-10,20-21,23H,4,7H2,1H3,(H,28,29)(H,27,30,31);2-9,19-21H,10H2,1H3,(H,26,27)(H,25,28,29);1H4. The fourth-order valence-corrected chi connectivity index (χ4v) is 9.99. The molecule has 2 saturated carbocycles. The Labute approximate surface area is 382 Å². The lowest BCUT2D eigenvalue weighted by Gasteiger charge is -2.20. The van der Waals surface area contributed by atoms with Crippen LogP contribution in [0.1, 0.15) is 82.5 Å². The average molecular weight is 901 g/mol. The number of hydrogen-bond donors (Lipinski definition) is 4. The van der Waals surface area contributed by atoms with Gasteiger partial charge < -0.3 is 39.0 Å². The van der Waals surface area contributed by atoms with Crippen molar-refractivity contribution in [2.24, 2.45) is 0 Å². The van der Waals surface area contributed by atoms with Crippen LogP contribution in [0.15, 0.2) is 91.3 Å². The number of hydrogen-bond acceptors (Lipinski definition) is 11. The molecule has 2 amide bonds. The number of aryl methyl sites for hydroxylation is 2. The lowest BCUT2D eigenvalue weighted by atomic mass is 10.1. The molecule has 4 aromatic carbocycles. The molecule has 0 radical (unpaired) electrons. The summed E-state index contributed by atoms with van der Waals surface area (Å²) >= 11 is 6.42. The highest BCUT2D eigenvalue weighted by Gasteiger charge is 2.62. The normalized spacial score (nSPS) is 21.9. The summed E-state index contributed by atoms with van der Waals surface area (Å²) in [5.74, 6) is 8.05. The van der Waals surface area contributed by atoms with Crippen molar-refractivity contribution < 1.29 is 33.3 Å². The minimum Gasteiger partial charge on any atom is -0.489 e. The molecule has 8 aromatic rings.